The fourth-order valence-electron chi connectivity index (χ4n) is 7.23. The maximum Gasteiger partial charge on any atom is 0.204 e. The Bertz CT molecular complexity index is 1740. The molecule has 4 aliphatic rings. The van der Waals surface area contributed by atoms with Crippen molar-refractivity contribution in [3.05, 3.63) is 99.6 Å². The number of rotatable bonds is 3. The van der Waals surface area contributed by atoms with Gasteiger partial charge in [-0.1, -0.05) is 24.3 Å². The maximum atomic E-state index is 7.03. The molecule has 7 nitrogen and oxygen atoms in total. The monoisotopic (exact) mass is 640 g/mol. The molecule has 6 bridgehead atoms. The standard InChI is InChI=1S/C38H42N2O5.H2S/c1-23-7-8-25-18-31-36-27(14-16-40(31)3)21-35(42-5)37(43-6)38(36)45-34-22-29-26(20-33(34)41-4)13-15-39(2)30(29)17-24-9-11-28(12-10-24)44-32(23)19-25;/h7-12,19-22,30-31H,13-18H2,1-6H3;1H2/t30-,31+;/m0./s1. The summed E-state index contributed by atoms with van der Waals surface area (Å²) in [6.07, 6.45) is 3.48. The molecule has 4 aromatic carbocycles. The van der Waals surface area contributed by atoms with Crippen molar-refractivity contribution in [2.24, 2.45) is 0 Å². The van der Waals surface area contributed by atoms with E-state index in [1.54, 1.807) is 21.3 Å². The van der Waals surface area contributed by atoms with Crippen LogP contribution in [0.25, 0.3) is 0 Å². The van der Waals surface area contributed by atoms with Gasteiger partial charge in [0.25, 0.3) is 0 Å². The molecule has 4 aromatic rings. The van der Waals surface area contributed by atoms with Crippen LogP contribution in [-0.2, 0) is 25.7 Å². The van der Waals surface area contributed by atoms with Crippen LogP contribution in [0.1, 0.15) is 51.0 Å². The van der Waals surface area contributed by atoms with E-state index in [9.17, 15) is 0 Å². The number of methoxy groups -OCH3 is 3. The third kappa shape index (κ3) is 5.78. The maximum absolute atomic E-state index is 7.03. The minimum absolute atomic E-state index is 0. The summed E-state index contributed by atoms with van der Waals surface area (Å²) in [5, 5.41) is 0. The molecule has 0 aliphatic carbocycles. The lowest BCUT2D eigenvalue weighted by Gasteiger charge is -2.37. The lowest BCUT2D eigenvalue weighted by molar-refractivity contribution is 0.220. The first-order chi connectivity index (χ1) is 21.9. The summed E-state index contributed by atoms with van der Waals surface area (Å²) in [6, 6.07) is 21.8. The number of hydrogen-bond donors (Lipinski definition) is 0. The van der Waals surface area contributed by atoms with Crippen LogP contribution in [0.3, 0.4) is 0 Å². The van der Waals surface area contributed by atoms with Crippen LogP contribution >= 0.6 is 13.5 Å². The number of aryl methyl sites for hydroxylation is 1. The summed E-state index contributed by atoms with van der Waals surface area (Å²) in [6.45, 7) is 4.00. The highest BCUT2D eigenvalue weighted by Crippen LogP contribution is 2.51. The molecule has 4 heterocycles. The summed E-state index contributed by atoms with van der Waals surface area (Å²) in [5.74, 6) is 5.06. The van der Waals surface area contributed by atoms with Gasteiger partial charge in [0.15, 0.2) is 23.0 Å². The Labute approximate surface area is 279 Å². The van der Waals surface area contributed by atoms with Gasteiger partial charge in [-0.05, 0) is 116 Å². The van der Waals surface area contributed by atoms with E-state index in [1.807, 2.05) is 0 Å². The first-order valence-corrected chi connectivity index (χ1v) is 15.8. The van der Waals surface area contributed by atoms with Crippen LogP contribution in [0.15, 0.2) is 60.7 Å². The average molecular weight is 641 g/mol. The molecule has 8 heteroatoms. The number of benzene rings is 4. The highest BCUT2D eigenvalue weighted by atomic mass is 32.1. The molecule has 0 saturated heterocycles. The van der Waals surface area contributed by atoms with Gasteiger partial charge in [-0.3, -0.25) is 9.80 Å². The van der Waals surface area contributed by atoms with Crippen molar-refractivity contribution in [2.75, 3.05) is 48.5 Å². The van der Waals surface area contributed by atoms with Gasteiger partial charge in [-0.15, -0.1) is 0 Å². The average Bonchev–Trinajstić information content (AvgIpc) is 3.05. The molecule has 0 amide bonds. The normalized spacial score (nSPS) is 19.0. The van der Waals surface area contributed by atoms with E-state index in [0.29, 0.717) is 23.0 Å². The topological polar surface area (TPSA) is 52.6 Å². The first kappa shape index (κ1) is 32.1. The van der Waals surface area contributed by atoms with Crippen molar-refractivity contribution in [1.82, 2.24) is 9.80 Å². The summed E-state index contributed by atoms with van der Waals surface area (Å²) in [4.78, 5) is 4.85. The van der Waals surface area contributed by atoms with Crippen LogP contribution < -0.4 is 23.7 Å². The molecule has 46 heavy (non-hydrogen) atoms. The molecule has 0 spiro atoms. The van der Waals surface area contributed by atoms with Gasteiger partial charge < -0.3 is 23.7 Å². The Hall–Kier alpha value is -3.85. The van der Waals surface area contributed by atoms with Crippen LogP contribution in [0.5, 0.6) is 40.2 Å². The van der Waals surface area contributed by atoms with Gasteiger partial charge >= 0.3 is 0 Å². The third-order valence-electron chi connectivity index (χ3n) is 9.87. The van der Waals surface area contributed by atoms with Crippen molar-refractivity contribution in [3.8, 4) is 40.2 Å². The Balaban J connectivity index is 0.00000372. The Morgan fingerprint density at radius 2 is 1.33 bits per heavy atom. The molecule has 0 radical (unpaired) electrons. The van der Waals surface area contributed by atoms with E-state index in [1.165, 1.54) is 27.8 Å². The van der Waals surface area contributed by atoms with Crippen molar-refractivity contribution in [2.45, 2.75) is 44.7 Å². The molecule has 2 atom stereocenters. The first-order valence-electron chi connectivity index (χ1n) is 15.8. The van der Waals surface area contributed by atoms with Gasteiger partial charge in [0, 0.05) is 30.7 Å². The van der Waals surface area contributed by atoms with E-state index in [-0.39, 0.29) is 25.6 Å². The molecule has 4 aliphatic heterocycles. The van der Waals surface area contributed by atoms with Crippen LogP contribution in [0.4, 0.5) is 0 Å². The fourth-order valence-corrected chi connectivity index (χ4v) is 7.23. The Morgan fingerprint density at radius 1 is 0.674 bits per heavy atom. The minimum Gasteiger partial charge on any atom is -0.493 e. The highest BCUT2D eigenvalue weighted by molar-refractivity contribution is 7.59. The quantitative estimate of drug-likeness (QED) is 0.229. The smallest absolute Gasteiger partial charge is 0.204 e. The molecular formula is C38H44N2O5S. The van der Waals surface area contributed by atoms with Gasteiger partial charge in [0.1, 0.15) is 11.5 Å². The zero-order valence-electron chi connectivity index (χ0n) is 27.6. The van der Waals surface area contributed by atoms with Crippen molar-refractivity contribution < 1.29 is 23.7 Å². The number of likely N-dealkylation sites (N-methyl/N-ethyl adjacent to an activating group) is 2. The van der Waals surface area contributed by atoms with Crippen molar-refractivity contribution in [3.63, 3.8) is 0 Å². The third-order valence-corrected chi connectivity index (χ3v) is 9.87. The van der Waals surface area contributed by atoms with E-state index in [4.69, 9.17) is 23.7 Å². The predicted octanol–water partition coefficient (Wildman–Crippen LogP) is 7.58. The zero-order chi connectivity index (χ0) is 31.2. The van der Waals surface area contributed by atoms with Crippen molar-refractivity contribution >= 4 is 13.5 Å². The van der Waals surface area contributed by atoms with Gasteiger partial charge in [-0.25, -0.2) is 0 Å². The second-order valence-electron chi connectivity index (χ2n) is 12.6. The number of hydrogen-bond acceptors (Lipinski definition) is 7. The van der Waals surface area contributed by atoms with Crippen LogP contribution in [-0.4, -0.2) is 58.3 Å². The highest BCUT2D eigenvalue weighted by Gasteiger charge is 2.34. The summed E-state index contributed by atoms with van der Waals surface area (Å²) < 4.78 is 31.4. The van der Waals surface area contributed by atoms with E-state index >= 15 is 0 Å². The summed E-state index contributed by atoms with van der Waals surface area (Å²) in [5.41, 5.74) is 8.43. The molecule has 0 aromatic heterocycles. The molecule has 8 rings (SSSR count). The molecular weight excluding hydrogens is 596 g/mol. The second kappa shape index (κ2) is 13.1. The van der Waals surface area contributed by atoms with Gasteiger partial charge in [0.2, 0.25) is 5.75 Å². The number of ether oxygens (including phenoxy) is 5. The van der Waals surface area contributed by atoms with Crippen LogP contribution in [0, 0.1) is 6.92 Å². The van der Waals surface area contributed by atoms with E-state index in [2.05, 4.69) is 91.5 Å². The molecule has 0 N–H and O–H groups in total. The fraction of sp³-hybridized carbons (Fsp3) is 0.368. The Morgan fingerprint density at radius 3 is 2.04 bits per heavy atom. The number of nitrogens with zero attached hydrogens (tertiary/aromatic N) is 2. The molecule has 0 unspecified atom stereocenters. The van der Waals surface area contributed by atoms with Crippen LogP contribution in [0.2, 0.25) is 0 Å². The summed E-state index contributed by atoms with van der Waals surface area (Å²) in [7, 11) is 9.48. The molecule has 0 fully saturated rings. The molecule has 0 saturated carbocycles. The lowest BCUT2D eigenvalue weighted by atomic mass is 9.87. The number of fused-ring (bicyclic) bond motifs is 2. The van der Waals surface area contributed by atoms with Gasteiger partial charge in [0.05, 0.1) is 21.3 Å². The summed E-state index contributed by atoms with van der Waals surface area (Å²) >= 11 is 0. The largest absolute Gasteiger partial charge is 0.493 e. The molecule has 242 valence electrons. The van der Waals surface area contributed by atoms with E-state index < -0.39 is 0 Å². The van der Waals surface area contributed by atoms with Gasteiger partial charge in [-0.2, -0.15) is 13.5 Å². The SMILES string of the molecule is COc1cc2c3cc1Oc1c(OC)c(OC)cc4c1[C@@H](Cc1ccc(C)c(c1)Oc1ccc(cc1)C[C@@H]3N(C)CC2)N(C)CC4.S. The second-order valence-corrected chi connectivity index (χ2v) is 12.6. The predicted molar refractivity (Wildman–Crippen MR) is 186 cm³/mol. The zero-order valence-corrected chi connectivity index (χ0v) is 28.6. The van der Waals surface area contributed by atoms with Crippen molar-refractivity contribution in [1.29, 1.82) is 0 Å². The minimum atomic E-state index is 0. The Kier molecular flexibility index (Phi) is 9.15. The van der Waals surface area contributed by atoms with E-state index in [0.717, 1.165) is 67.1 Å². The lowest BCUT2D eigenvalue weighted by Crippen LogP contribution is -2.34.